The van der Waals surface area contributed by atoms with Crippen LogP contribution < -0.4 is 0 Å². The van der Waals surface area contributed by atoms with Gasteiger partial charge in [-0.3, -0.25) is 4.79 Å². The van der Waals surface area contributed by atoms with E-state index in [9.17, 15) is 9.59 Å². The van der Waals surface area contributed by atoms with Crippen LogP contribution in [-0.4, -0.2) is 33.4 Å². The largest absolute Gasteiger partial charge is 0.476 e. The van der Waals surface area contributed by atoms with Crippen molar-refractivity contribution in [3.8, 4) is 0 Å². The van der Waals surface area contributed by atoms with Gasteiger partial charge in [-0.15, -0.1) is 0 Å². The number of aromatic carboxylic acids is 1. The van der Waals surface area contributed by atoms with E-state index in [4.69, 9.17) is 9.52 Å². The summed E-state index contributed by atoms with van der Waals surface area (Å²) in [5.74, 6) is -0.922. The molecule has 1 aromatic heterocycles. The van der Waals surface area contributed by atoms with Crippen molar-refractivity contribution < 1.29 is 19.1 Å². The Hall–Kier alpha value is -1.85. The third-order valence-electron chi connectivity index (χ3n) is 2.76. The molecular weight excluding hydrogens is 212 g/mol. The minimum atomic E-state index is -1.13. The molecule has 1 N–H and O–H groups in total. The van der Waals surface area contributed by atoms with Crippen LogP contribution in [0.5, 0.6) is 0 Å². The molecule has 1 aromatic rings. The number of aromatic nitrogens is 1. The minimum Gasteiger partial charge on any atom is -0.476 e. The second-order valence-corrected chi connectivity index (χ2v) is 3.74. The second kappa shape index (κ2) is 3.96. The van der Waals surface area contributed by atoms with Crippen LogP contribution in [0.1, 0.15) is 42.1 Å². The number of amides is 1. The van der Waals surface area contributed by atoms with Gasteiger partial charge in [-0.25, -0.2) is 9.78 Å². The van der Waals surface area contributed by atoms with Gasteiger partial charge in [0.25, 0.3) is 0 Å². The van der Waals surface area contributed by atoms with Crippen LogP contribution in [0.4, 0.5) is 0 Å². The van der Waals surface area contributed by atoms with Crippen molar-refractivity contribution >= 4 is 11.9 Å². The fraction of sp³-hybridized carbons (Fsp3) is 0.500. The third kappa shape index (κ3) is 1.66. The van der Waals surface area contributed by atoms with Gasteiger partial charge in [0.2, 0.25) is 5.91 Å². The van der Waals surface area contributed by atoms with E-state index in [1.807, 2.05) is 0 Å². The van der Waals surface area contributed by atoms with E-state index < -0.39 is 5.97 Å². The molecule has 0 radical (unpaired) electrons. The summed E-state index contributed by atoms with van der Waals surface area (Å²) in [5.41, 5.74) is -0.0989. The number of rotatable bonds is 2. The van der Waals surface area contributed by atoms with Gasteiger partial charge in [0.1, 0.15) is 0 Å². The Bertz CT molecular complexity index is 426. The van der Waals surface area contributed by atoms with Crippen LogP contribution in [0.3, 0.4) is 0 Å². The third-order valence-corrected chi connectivity index (χ3v) is 2.76. The number of carbonyl (C=O) groups is 2. The molecule has 16 heavy (non-hydrogen) atoms. The fourth-order valence-electron chi connectivity index (χ4n) is 2.07. The molecule has 1 aliphatic heterocycles. The summed E-state index contributed by atoms with van der Waals surface area (Å²) in [4.78, 5) is 27.5. The van der Waals surface area contributed by atoms with Crippen LogP contribution in [0.15, 0.2) is 10.8 Å². The molecule has 0 spiro atoms. The number of hydrogen-bond acceptors (Lipinski definition) is 4. The molecule has 0 bridgehead atoms. The number of nitrogens with zero attached hydrogens (tertiary/aromatic N) is 2. The predicted octanol–water partition coefficient (Wildman–Crippen LogP) is 1.06. The summed E-state index contributed by atoms with van der Waals surface area (Å²) in [5, 5.41) is 8.91. The molecule has 2 rings (SSSR count). The van der Waals surface area contributed by atoms with Gasteiger partial charge < -0.3 is 14.4 Å². The molecule has 1 aliphatic rings. The molecule has 1 saturated heterocycles. The zero-order chi connectivity index (χ0) is 11.7. The van der Waals surface area contributed by atoms with Crippen molar-refractivity contribution in [1.29, 1.82) is 0 Å². The van der Waals surface area contributed by atoms with Crippen LogP contribution in [0, 0.1) is 0 Å². The summed E-state index contributed by atoms with van der Waals surface area (Å²) >= 11 is 0. The number of oxazole rings is 1. The molecule has 0 aromatic carbocycles. The van der Waals surface area contributed by atoms with Crippen molar-refractivity contribution in [2.24, 2.45) is 0 Å². The number of carboxylic acids is 1. The Morgan fingerprint density at radius 3 is 3.00 bits per heavy atom. The van der Waals surface area contributed by atoms with Gasteiger partial charge >= 0.3 is 5.97 Å². The molecule has 1 unspecified atom stereocenters. The highest BCUT2D eigenvalue weighted by atomic mass is 16.4. The Balaban J connectivity index is 2.33. The molecule has 0 saturated carbocycles. The number of carbonyl (C=O) groups excluding carboxylic acids is 1. The highest BCUT2D eigenvalue weighted by Gasteiger charge is 2.34. The number of likely N-dealkylation sites (tertiary alicyclic amines) is 1. The molecular formula is C10H12N2O4. The molecule has 6 heteroatoms. The zero-order valence-electron chi connectivity index (χ0n) is 8.84. The van der Waals surface area contributed by atoms with E-state index >= 15 is 0 Å². The zero-order valence-corrected chi connectivity index (χ0v) is 8.84. The van der Waals surface area contributed by atoms with Crippen molar-refractivity contribution in [1.82, 2.24) is 9.88 Å². The lowest BCUT2D eigenvalue weighted by atomic mass is 10.1. The molecule has 86 valence electrons. The van der Waals surface area contributed by atoms with E-state index in [1.165, 1.54) is 6.92 Å². The fourth-order valence-corrected chi connectivity index (χ4v) is 2.07. The lowest BCUT2D eigenvalue weighted by molar-refractivity contribution is -0.130. The summed E-state index contributed by atoms with van der Waals surface area (Å²) in [7, 11) is 0. The maximum atomic E-state index is 11.3. The Kier molecular flexibility index (Phi) is 2.64. The van der Waals surface area contributed by atoms with E-state index in [-0.39, 0.29) is 23.4 Å². The maximum Gasteiger partial charge on any atom is 0.358 e. The summed E-state index contributed by atoms with van der Waals surface area (Å²) in [6.45, 7) is 2.11. The average molecular weight is 224 g/mol. The Labute approximate surface area is 91.9 Å². The minimum absolute atomic E-state index is 0.0739. The molecule has 1 atom stereocenters. The normalized spacial score (nSPS) is 20.1. The molecule has 2 heterocycles. The molecule has 1 fully saturated rings. The highest BCUT2D eigenvalue weighted by molar-refractivity contribution is 5.86. The Morgan fingerprint density at radius 1 is 1.62 bits per heavy atom. The average Bonchev–Trinajstić information content (AvgIpc) is 2.85. The van der Waals surface area contributed by atoms with Crippen molar-refractivity contribution in [2.75, 3.05) is 6.54 Å². The number of hydrogen-bond donors (Lipinski definition) is 1. The van der Waals surface area contributed by atoms with E-state index in [1.54, 1.807) is 4.90 Å². The van der Waals surface area contributed by atoms with Crippen molar-refractivity contribution in [3.63, 3.8) is 0 Å². The first-order valence-corrected chi connectivity index (χ1v) is 5.05. The predicted molar refractivity (Wildman–Crippen MR) is 52.8 cm³/mol. The van der Waals surface area contributed by atoms with Crippen LogP contribution in [-0.2, 0) is 4.79 Å². The van der Waals surface area contributed by atoms with E-state index in [2.05, 4.69) is 4.98 Å². The van der Waals surface area contributed by atoms with Gasteiger partial charge in [0, 0.05) is 13.5 Å². The monoisotopic (exact) mass is 224 g/mol. The lowest BCUT2D eigenvalue weighted by Gasteiger charge is -2.21. The van der Waals surface area contributed by atoms with Crippen LogP contribution in [0.2, 0.25) is 0 Å². The van der Waals surface area contributed by atoms with E-state index in [0.717, 1.165) is 19.2 Å². The van der Waals surface area contributed by atoms with Gasteiger partial charge in [-0.2, -0.15) is 0 Å². The topological polar surface area (TPSA) is 83.6 Å². The van der Waals surface area contributed by atoms with Crippen LogP contribution >= 0.6 is 0 Å². The summed E-state index contributed by atoms with van der Waals surface area (Å²) in [6.07, 6.45) is 2.68. The van der Waals surface area contributed by atoms with Gasteiger partial charge in [-0.05, 0) is 12.8 Å². The number of carboxylic acid groups (broad SMARTS) is 1. The second-order valence-electron chi connectivity index (χ2n) is 3.74. The summed E-state index contributed by atoms with van der Waals surface area (Å²) in [6, 6.07) is -0.286. The highest BCUT2D eigenvalue weighted by Crippen LogP contribution is 2.33. The lowest BCUT2D eigenvalue weighted by Crippen LogP contribution is -2.28. The van der Waals surface area contributed by atoms with Gasteiger partial charge in [0.05, 0.1) is 6.04 Å². The summed E-state index contributed by atoms with van der Waals surface area (Å²) < 4.78 is 5.10. The van der Waals surface area contributed by atoms with E-state index in [0.29, 0.717) is 6.54 Å². The van der Waals surface area contributed by atoms with Crippen LogP contribution in [0.25, 0.3) is 0 Å². The first-order chi connectivity index (χ1) is 7.61. The SMILES string of the molecule is CC(=O)N1CCCC1c1ocnc1C(=O)O. The maximum absolute atomic E-state index is 11.3. The Morgan fingerprint density at radius 2 is 2.38 bits per heavy atom. The first-order valence-electron chi connectivity index (χ1n) is 5.05. The standard InChI is InChI=1S/C10H12N2O4/c1-6(13)12-4-2-3-7(12)9-8(10(14)15)11-5-16-9/h5,7H,2-4H2,1H3,(H,14,15). The smallest absolute Gasteiger partial charge is 0.358 e. The first kappa shape index (κ1) is 10.7. The van der Waals surface area contributed by atoms with Gasteiger partial charge in [-0.1, -0.05) is 0 Å². The molecule has 1 amide bonds. The quantitative estimate of drug-likeness (QED) is 0.811. The molecule has 6 nitrogen and oxygen atoms in total. The van der Waals surface area contributed by atoms with Gasteiger partial charge in [0.15, 0.2) is 17.8 Å². The molecule has 0 aliphatic carbocycles. The van der Waals surface area contributed by atoms with Crippen molar-refractivity contribution in [3.05, 3.63) is 17.8 Å². The van der Waals surface area contributed by atoms with Crippen molar-refractivity contribution in [2.45, 2.75) is 25.8 Å².